The maximum atomic E-state index is 12.6. The number of nitrogens with zero attached hydrogens (tertiary/aromatic N) is 3. The Labute approximate surface area is 150 Å². The minimum absolute atomic E-state index is 0.152. The number of imidazole rings is 1. The molecule has 0 saturated heterocycles. The summed E-state index contributed by atoms with van der Waals surface area (Å²) >= 11 is 0. The summed E-state index contributed by atoms with van der Waals surface area (Å²) in [5, 5.41) is 6.83. The molecule has 6 nitrogen and oxygen atoms in total. The van der Waals surface area contributed by atoms with Crippen LogP contribution in [0.3, 0.4) is 0 Å². The lowest BCUT2D eigenvalue weighted by atomic mass is 10.1. The van der Waals surface area contributed by atoms with E-state index in [0.717, 1.165) is 29.6 Å². The van der Waals surface area contributed by atoms with Gasteiger partial charge in [0.05, 0.1) is 11.0 Å². The van der Waals surface area contributed by atoms with Crippen LogP contribution in [0.2, 0.25) is 0 Å². The fraction of sp³-hybridized carbons (Fsp3) is 0.150. The average Bonchev–Trinajstić information content (AvgIpc) is 3.29. The Hall–Kier alpha value is -3.41. The second-order valence-corrected chi connectivity index (χ2v) is 5.97. The number of hydrogen-bond acceptors (Lipinski definition) is 4. The third-order valence-corrected chi connectivity index (χ3v) is 4.13. The molecule has 1 N–H and O–H groups in total. The second kappa shape index (κ2) is 6.84. The van der Waals surface area contributed by atoms with Crippen LogP contribution >= 0.6 is 0 Å². The van der Waals surface area contributed by atoms with Crippen molar-refractivity contribution in [2.45, 2.75) is 19.9 Å². The van der Waals surface area contributed by atoms with E-state index in [1.165, 1.54) is 0 Å². The Morgan fingerprint density at radius 2 is 1.88 bits per heavy atom. The highest BCUT2D eigenvalue weighted by Gasteiger charge is 2.18. The van der Waals surface area contributed by atoms with Crippen molar-refractivity contribution in [3.05, 3.63) is 66.4 Å². The maximum absolute atomic E-state index is 12.6. The van der Waals surface area contributed by atoms with Crippen molar-refractivity contribution in [2.75, 3.05) is 5.32 Å². The van der Waals surface area contributed by atoms with Gasteiger partial charge in [-0.15, -0.1) is 0 Å². The fourth-order valence-electron chi connectivity index (χ4n) is 2.91. The van der Waals surface area contributed by atoms with Gasteiger partial charge in [-0.25, -0.2) is 4.98 Å². The average molecular weight is 346 g/mol. The van der Waals surface area contributed by atoms with Gasteiger partial charge in [0.2, 0.25) is 11.7 Å². The molecule has 2 heterocycles. The first kappa shape index (κ1) is 16.1. The van der Waals surface area contributed by atoms with Gasteiger partial charge in [0.25, 0.3) is 5.91 Å². The minimum atomic E-state index is -0.368. The van der Waals surface area contributed by atoms with Crippen LogP contribution in [0.15, 0.2) is 65.2 Å². The zero-order valence-corrected chi connectivity index (χ0v) is 14.3. The highest BCUT2D eigenvalue weighted by atomic mass is 16.5. The van der Waals surface area contributed by atoms with Gasteiger partial charge in [0.1, 0.15) is 5.69 Å². The van der Waals surface area contributed by atoms with Crippen LogP contribution < -0.4 is 5.32 Å². The van der Waals surface area contributed by atoms with Crippen molar-refractivity contribution in [1.29, 1.82) is 0 Å². The van der Waals surface area contributed by atoms with Crippen LogP contribution in [-0.4, -0.2) is 20.6 Å². The first-order valence-corrected chi connectivity index (χ1v) is 8.55. The van der Waals surface area contributed by atoms with E-state index < -0.39 is 0 Å². The van der Waals surface area contributed by atoms with Crippen LogP contribution in [0.5, 0.6) is 0 Å². The van der Waals surface area contributed by atoms with E-state index in [9.17, 15) is 4.79 Å². The molecule has 0 spiro atoms. The third-order valence-electron chi connectivity index (χ3n) is 4.13. The van der Waals surface area contributed by atoms with Crippen molar-refractivity contribution in [1.82, 2.24) is 14.7 Å². The molecule has 130 valence electrons. The maximum Gasteiger partial charge on any atom is 0.296 e. The zero-order valence-electron chi connectivity index (χ0n) is 14.3. The standard InChI is InChI=1S/C20H18N4O2/c1-2-12-24-17-11-7-6-10-15(17)21-20(24)22-19(25)18-13-16(23-26-18)14-8-4-3-5-9-14/h3-11,13H,2,12H2,1H3,(H,21,22,25). The molecule has 26 heavy (non-hydrogen) atoms. The predicted molar refractivity (Wildman–Crippen MR) is 99.9 cm³/mol. The second-order valence-electron chi connectivity index (χ2n) is 5.97. The lowest BCUT2D eigenvalue weighted by Gasteiger charge is -2.07. The highest BCUT2D eigenvalue weighted by molar-refractivity contribution is 6.02. The van der Waals surface area contributed by atoms with Crippen molar-refractivity contribution in [3.63, 3.8) is 0 Å². The first-order chi connectivity index (χ1) is 12.8. The number of para-hydroxylation sites is 2. The molecule has 0 atom stereocenters. The van der Waals surface area contributed by atoms with Crippen molar-refractivity contribution in [2.24, 2.45) is 0 Å². The van der Waals surface area contributed by atoms with Crippen molar-refractivity contribution in [3.8, 4) is 11.3 Å². The van der Waals surface area contributed by atoms with E-state index >= 15 is 0 Å². The lowest BCUT2D eigenvalue weighted by molar-refractivity contribution is 0.0986. The Balaban J connectivity index is 1.62. The molecule has 0 unspecified atom stereocenters. The van der Waals surface area contributed by atoms with Crippen molar-refractivity contribution < 1.29 is 9.32 Å². The van der Waals surface area contributed by atoms with Crippen LogP contribution in [0.25, 0.3) is 22.3 Å². The van der Waals surface area contributed by atoms with Gasteiger partial charge < -0.3 is 9.09 Å². The molecule has 0 bridgehead atoms. The molecule has 2 aromatic heterocycles. The molecule has 0 fully saturated rings. The smallest absolute Gasteiger partial charge is 0.296 e. The zero-order chi connectivity index (χ0) is 17.9. The van der Waals surface area contributed by atoms with Gasteiger partial charge >= 0.3 is 0 Å². The summed E-state index contributed by atoms with van der Waals surface area (Å²) in [4.78, 5) is 17.1. The number of carbonyl (C=O) groups is 1. The molecular weight excluding hydrogens is 328 g/mol. The molecule has 4 rings (SSSR count). The number of rotatable bonds is 5. The molecule has 2 aromatic carbocycles. The van der Waals surface area contributed by atoms with Crippen LogP contribution in [0.4, 0.5) is 5.95 Å². The lowest BCUT2D eigenvalue weighted by Crippen LogP contribution is -2.15. The SMILES string of the molecule is CCCn1c(NC(=O)c2cc(-c3ccccc3)no2)nc2ccccc21. The Morgan fingerprint density at radius 1 is 1.12 bits per heavy atom. The predicted octanol–water partition coefficient (Wildman–Crippen LogP) is 4.35. The first-order valence-electron chi connectivity index (χ1n) is 8.55. The number of amides is 1. The number of anilines is 1. The molecule has 1 amide bonds. The summed E-state index contributed by atoms with van der Waals surface area (Å²) in [5.74, 6) is 0.294. The number of carbonyl (C=O) groups excluding carboxylic acids is 1. The molecule has 4 aromatic rings. The van der Waals surface area contributed by atoms with Gasteiger partial charge in [-0.1, -0.05) is 54.5 Å². The summed E-state index contributed by atoms with van der Waals surface area (Å²) in [7, 11) is 0. The molecule has 0 aliphatic rings. The van der Waals surface area contributed by atoms with E-state index in [2.05, 4.69) is 22.4 Å². The van der Waals surface area contributed by atoms with Crippen molar-refractivity contribution >= 4 is 22.9 Å². The summed E-state index contributed by atoms with van der Waals surface area (Å²) in [6, 6.07) is 19.0. The van der Waals surface area contributed by atoms with Gasteiger partial charge in [-0.2, -0.15) is 0 Å². The number of nitrogens with one attached hydrogen (secondary N) is 1. The molecule has 0 aliphatic heterocycles. The van der Waals surface area contributed by atoms with Gasteiger partial charge in [0, 0.05) is 18.2 Å². The van der Waals surface area contributed by atoms with Gasteiger partial charge in [0.15, 0.2) is 0 Å². The quantitative estimate of drug-likeness (QED) is 0.583. The number of benzene rings is 2. The molecule has 0 aliphatic carbocycles. The summed E-state index contributed by atoms with van der Waals surface area (Å²) in [6.07, 6.45) is 0.934. The van der Waals surface area contributed by atoms with Crippen LogP contribution in [0.1, 0.15) is 23.9 Å². The van der Waals surface area contributed by atoms with E-state index in [1.807, 2.05) is 59.2 Å². The summed E-state index contributed by atoms with van der Waals surface area (Å²) in [6.45, 7) is 2.85. The Bertz CT molecular complexity index is 1050. The number of aryl methyl sites for hydroxylation is 1. The van der Waals surface area contributed by atoms with E-state index in [0.29, 0.717) is 11.6 Å². The monoisotopic (exact) mass is 346 g/mol. The summed E-state index contributed by atoms with van der Waals surface area (Å²) in [5.41, 5.74) is 3.36. The molecule has 6 heteroatoms. The molecule has 0 radical (unpaired) electrons. The Kier molecular flexibility index (Phi) is 4.23. The van der Waals surface area contributed by atoms with Crippen LogP contribution in [0, 0.1) is 0 Å². The topological polar surface area (TPSA) is 73.0 Å². The highest BCUT2D eigenvalue weighted by Crippen LogP contribution is 2.22. The van der Waals surface area contributed by atoms with E-state index in [1.54, 1.807) is 6.07 Å². The van der Waals surface area contributed by atoms with E-state index in [-0.39, 0.29) is 11.7 Å². The molecule has 0 saturated carbocycles. The normalized spacial score (nSPS) is 11.0. The fourth-order valence-corrected chi connectivity index (χ4v) is 2.91. The van der Waals surface area contributed by atoms with Crippen LogP contribution in [-0.2, 0) is 6.54 Å². The minimum Gasteiger partial charge on any atom is -0.350 e. The van der Waals surface area contributed by atoms with Gasteiger partial charge in [-0.3, -0.25) is 10.1 Å². The summed E-state index contributed by atoms with van der Waals surface area (Å²) < 4.78 is 7.23. The largest absolute Gasteiger partial charge is 0.350 e. The molecular formula is C20H18N4O2. The number of hydrogen-bond donors (Lipinski definition) is 1. The van der Waals surface area contributed by atoms with E-state index in [4.69, 9.17) is 4.52 Å². The third kappa shape index (κ3) is 2.97. The van der Waals surface area contributed by atoms with Gasteiger partial charge in [-0.05, 0) is 18.6 Å². The Morgan fingerprint density at radius 3 is 2.69 bits per heavy atom. The number of fused-ring (bicyclic) bond motifs is 1. The number of aromatic nitrogens is 3.